The van der Waals surface area contributed by atoms with Crippen molar-refractivity contribution in [2.24, 2.45) is 0 Å². The Morgan fingerprint density at radius 2 is 1.83 bits per heavy atom. The second-order valence-electron chi connectivity index (χ2n) is 6.04. The summed E-state index contributed by atoms with van der Waals surface area (Å²) < 4.78 is 0. The molecule has 2 aromatic carbocycles. The van der Waals surface area contributed by atoms with Gasteiger partial charge in [0.15, 0.2) is 0 Å². The second kappa shape index (κ2) is 7.93. The highest BCUT2D eigenvalue weighted by Crippen LogP contribution is 2.26. The number of nitrogens with zero attached hydrogens (tertiary/aromatic N) is 1. The molecule has 0 fully saturated rings. The molecule has 0 atom stereocenters. The molecule has 1 N–H and O–H groups in total. The molecule has 3 heteroatoms. The topological polar surface area (TPSA) is 32.3 Å². The van der Waals surface area contributed by atoms with E-state index in [0.717, 1.165) is 44.5 Å². The Balaban J connectivity index is 1.43. The lowest BCUT2D eigenvalue weighted by molar-refractivity contribution is -0.117. The van der Waals surface area contributed by atoms with Crippen LogP contribution in [0.4, 0.5) is 5.69 Å². The average Bonchev–Trinajstić information content (AvgIpc) is 2.61. The molecule has 1 amide bonds. The van der Waals surface area contributed by atoms with Gasteiger partial charge < -0.3 is 10.2 Å². The van der Waals surface area contributed by atoms with Crippen LogP contribution in [0.3, 0.4) is 0 Å². The second-order valence-corrected chi connectivity index (χ2v) is 6.04. The minimum atomic E-state index is 0.178. The predicted octanol–water partition coefficient (Wildman–Crippen LogP) is 3.19. The summed E-state index contributed by atoms with van der Waals surface area (Å²) >= 11 is 0. The average molecular weight is 308 g/mol. The lowest BCUT2D eigenvalue weighted by atomic mass is 10.0. The van der Waals surface area contributed by atoms with E-state index in [1.807, 2.05) is 17.0 Å². The molecule has 0 unspecified atom stereocenters. The number of aryl methyl sites for hydroxylation is 2. The molecule has 1 aliphatic heterocycles. The highest BCUT2D eigenvalue weighted by Gasteiger charge is 2.21. The number of fused-ring (bicyclic) bond motifs is 1. The van der Waals surface area contributed by atoms with Crippen LogP contribution in [0.25, 0.3) is 0 Å². The highest BCUT2D eigenvalue weighted by atomic mass is 16.2. The van der Waals surface area contributed by atoms with Crippen LogP contribution in [0.15, 0.2) is 54.6 Å². The predicted molar refractivity (Wildman–Crippen MR) is 94.7 cm³/mol. The van der Waals surface area contributed by atoms with Crippen LogP contribution in [0.5, 0.6) is 0 Å². The van der Waals surface area contributed by atoms with Crippen molar-refractivity contribution in [3.05, 3.63) is 65.7 Å². The fourth-order valence-corrected chi connectivity index (χ4v) is 3.15. The normalized spacial score (nSPS) is 13.7. The van der Waals surface area contributed by atoms with Crippen molar-refractivity contribution in [1.82, 2.24) is 5.32 Å². The number of nitrogens with one attached hydrogen (secondary N) is 1. The van der Waals surface area contributed by atoms with Crippen molar-refractivity contribution in [2.45, 2.75) is 25.7 Å². The van der Waals surface area contributed by atoms with Gasteiger partial charge in [0, 0.05) is 12.2 Å². The van der Waals surface area contributed by atoms with E-state index in [-0.39, 0.29) is 5.91 Å². The van der Waals surface area contributed by atoms with Gasteiger partial charge in [-0.3, -0.25) is 4.79 Å². The minimum absolute atomic E-state index is 0.178. The van der Waals surface area contributed by atoms with Crippen molar-refractivity contribution < 1.29 is 4.79 Å². The van der Waals surface area contributed by atoms with Crippen molar-refractivity contribution in [3.63, 3.8) is 0 Å². The van der Waals surface area contributed by atoms with E-state index in [4.69, 9.17) is 0 Å². The van der Waals surface area contributed by atoms with E-state index in [2.05, 4.69) is 47.8 Å². The Bertz CT molecular complexity index is 639. The number of hydrogen-bond acceptors (Lipinski definition) is 2. The molecule has 120 valence electrons. The molecule has 1 aliphatic rings. The van der Waals surface area contributed by atoms with Crippen LogP contribution < -0.4 is 10.2 Å². The van der Waals surface area contributed by atoms with E-state index in [0.29, 0.717) is 6.54 Å². The quantitative estimate of drug-likeness (QED) is 0.831. The van der Waals surface area contributed by atoms with Gasteiger partial charge in [-0.2, -0.15) is 0 Å². The number of anilines is 1. The molecule has 23 heavy (non-hydrogen) atoms. The van der Waals surface area contributed by atoms with Gasteiger partial charge in [0.25, 0.3) is 0 Å². The fourth-order valence-electron chi connectivity index (χ4n) is 3.15. The number of para-hydroxylation sites is 1. The van der Waals surface area contributed by atoms with Gasteiger partial charge in [0.2, 0.25) is 5.91 Å². The van der Waals surface area contributed by atoms with E-state index in [1.54, 1.807) is 0 Å². The Labute approximate surface area is 138 Å². The molecular weight excluding hydrogens is 284 g/mol. The lowest BCUT2D eigenvalue weighted by Crippen LogP contribution is -2.41. The van der Waals surface area contributed by atoms with E-state index < -0.39 is 0 Å². The Hall–Kier alpha value is -2.13. The number of amides is 1. The Morgan fingerprint density at radius 3 is 2.70 bits per heavy atom. The molecular formula is C20H24N2O. The summed E-state index contributed by atoms with van der Waals surface area (Å²) in [6.45, 7) is 2.13. The third-order valence-corrected chi connectivity index (χ3v) is 4.35. The van der Waals surface area contributed by atoms with Gasteiger partial charge in [-0.1, -0.05) is 48.5 Å². The maximum Gasteiger partial charge on any atom is 0.240 e. The van der Waals surface area contributed by atoms with Crippen LogP contribution in [-0.4, -0.2) is 25.5 Å². The van der Waals surface area contributed by atoms with E-state index >= 15 is 0 Å². The molecule has 2 aromatic rings. The first-order chi connectivity index (χ1) is 11.3. The molecule has 1 heterocycles. The lowest BCUT2D eigenvalue weighted by Gasteiger charge is -2.29. The molecule has 0 spiro atoms. The van der Waals surface area contributed by atoms with Gasteiger partial charge >= 0.3 is 0 Å². The van der Waals surface area contributed by atoms with Crippen molar-refractivity contribution >= 4 is 11.6 Å². The summed E-state index contributed by atoms with van der Waals surface area (Å²) in [5.41, 5.74) is 3.73. The number of carbonyl (C=O) groups is 1. The van der Waals surface area contributed by atoms with Crippen LogP contribution in [0, 0.1) is 0 Å². The molecule has 0 aromatic heterocycles. The first-order valence-corrected chi connectivity index (χ1v) is 8.47. The molecule has 0 aliphatic carbocycles. The van der Waals surface area contributed by atoms with Crippen LogP contribution in [0.1, 0.15) is 24.0 Å². The standard InChI is InChI=1S/C20H24N2O/c23-20(16-21-14-6-10-17-8-2-1-3-9-17)22-15-7-12-18-11-4-5-13-19(18)22/h1-5,8-9,11,13,21H,6-7,10,12,14-16H2. The molecule has 0 bridgehead atoms. The number of benzene rings is 2. The highest BCUT2D eigenvalue weighted by molar-refractivity contribution is 5.95. The van der Waals surface area contributed by atoms with Gasteiger partial charge in [0.1, 0.15) is 0 Å². The maximum atomic E-state index is 12.5. The fraction of sp³-hybridized carbons (Fsp3) is 0.350. The summed E-state index contributed by atoms with van der Waals surface area (Å²) in [5, 5.41) is 3.29. The Kier molecular flexibility index (Phi) is 5.43. The SMILES string of the molecule is O=C(CNCCCc1ccccc1)N1CCCc2ccccc21. The molecule has 3 rings (SSSR count). The van der Waals surface area contributed by atoms with Crippen LogP contribution in [-0.2, 0) is 17.6 Å². The van der Waals surface area contributed by atoms with Crippen molar-refractivity contribution in [2.75, 3.05) is 24.5 Å². The van der Waals surface area contributed by atoms with E-state index in [9.17, 15) is 4.79 Å². The number of carbonyl (C=O) groups excluding carboxylic acids is 1. The first-order valence-electron chi connectivity index (χ1n) is 8.47. The minimum Gasteiger partial charge on any atom is -0.311 e. The van der Waals surface area contributed by atoms with Crippen LogP contribution in [0.2, 0.25) is 0 Å². The summed E-state index contributed by atoms with van der Waals surface area (Å²) in [5.74, 6) is 0.178. The van der Waals surface area contributed by atoms with Crippen LogP contribution >= 0.6 is 0 Å². The monoisotopic (exact) mass is 308 g/mol. The zero-order valence-electron chi connectivity index (χ0n) is 13.5. The third kappa shape index (κ3) is 4.20. The molecule has 0 radical (unpaired) electrons. The molecule has 0 saturated heterocycles. The van der Waals surface area contributed by atoms with Gasteiger partial charge in [-0.25, -0.2) is 0 Å². The Morgan fingerprint density at radius 1 is 1.04 bits per heavy atom. The first kappa shape index (κ1) is 15.8. The molecule has 0 saturated carbocycles. The third-order valence-electron chi connectivity index (χ3n) is 4.35. The smallest absolute Gasteiger partial charge is 0.240 e. The number of rotatable bonds is 6. The summed E-state index contributed by atoms with van der Waals surface area (Å²) in [6, 6.07) is 18.7. The van der Waals surface area contributed by atoms with Gasteiger partial charge in [-0.15, -0.1) is 0 Å². The summed E-state index contributed by atoms with van der Waals surface area (Å²) in [4.78, 5) is 14.4. The van der Waals surface area contributed by atoms with E-state index in [1.165, 1.54) is 11.1 Å². The largest absolute Gasteiger partial charge is 0.311 e. The zero-order valence-corrected chi connectivity index (χ0v) is 13.5. The maximum absolute atomic E-state index is 12.5. The molecule has 3 nitrogen and oxygen atoms in total. The van der Waals surface area contributed by atoms with Crippen molar-refractivity contribution in [1.29, 1.82) is 0 Å². The summed E-state index contributed by atoms with van der Waals surface area (Å²) in [7, 11) is 0. The number of hydrogen-bond donors (Lipinski definition) is 1. The summed E-state index contributed by atoms with van der Waals surface area (Å²) in [6.07, 6.45) is 4.23. The zero-order chi connectivity index (χ0) is 15.9. The van der Waals surface area contributed by atoms with Gasteiger partial charge in [0.05, 0.1) is 6.54 Å². The van der Waals surface area contributed by atoms with Gasteiger partial charge in [-0.05, 0) is 49.4 Å². The van der Waals surface area contributed by atoms with Crippen molar-refractivity contribution in [3.8, 4) is 0 Å².